The van der Waals surface area contributed by atoms with Crippen molar-refractivity contribution >= 4 is 33.2 Å². The van der Waals surface area contributed by atoms with Gasteiger partial charge in [0.1, 0.15) is 4.90 Å². The number of halogens is 2. The third kappa shape index (κ3) is 3.07. The highest BCUT2D eigenvalue weighted by Gasteiger charge is 2.30. The molecule has 1 aromatic carbocycles. The van der Waals surface area contributed by atoms with Crippen LogP contribution in [0.4, 0.5) is 0 Å². The summed E-state index contributed by atoms with van der Waals surface area (Å²) in [7, 11) is -3.52. The van der Waals surface area contributed by atoms with E-state index in [2.05, 4.69) is 6.92 Å². The second kappa shape index (κ2) is 5.60. The smallest absolute Gasteiger partial charge is 0.207 e. The predicted octanol–water partition coefficient (Wildman–Crippen LogP) is 3.72. The van der Waals surface area contributed by atoms with Crippen LogP contribution < -0.4 is 0 Å². The maximum absolute atomic E-state index is 12.6. The zero-order valence-corrected chi connectivity index (χ0v) is 13.3. The first-order valence-electron chi connectivity index (χ1n) is 6.28. The molecule has 0 amide bonds. The molecule has 0 saturated carbocycles. The first kappa shape index (κ1) is 15.1. The van der Waals surface area contributed by atoms with Crippen LogP contribution in [0.1, 0.15) is 25.3 Å². The van der Waals surface area contributed by atoms with Crippen molar-refractivity contribution < 1.29 is 8.42 Å². The minimum absolute atomic E-state index is 0.158. The lowest BCUT2D eigenvalue weighted by Gasteiger charge is -2.30. The standard InChI is InChI=1S/C13H17Cl2NO2S/c1-9-4-3-5-16(8-9)19(17,18)13-6-10(2)11(14)7-12(13)15/h6-7,9H,3-5,8H2,1-2H3/t9-/m1/s1. The van der Waals surface area contributed by atoms with Gasteiger partial charge in [-0.05, 0) is 43.4 Å². The van der Waals surface area contributed by atoms with Crippen molar-refractivity contribution in [3.05, 3.63) is 27.7 Å². The van der Waals surface area contributed by atoms with Crippen molar-refractivity contribution in [2.24, 2.45) is 5.92 Å². The first-order chi connectivity index (χ1) is 8.82. The summed E-state index contributed by atoms with van der Waals surface area (Å²) in [5.74, 6) is 0.385. The maximum Gasteiger partial charge on any atom is 0.244 e. The molecule has 106 valence electrons. The van der Waals surface area contributed by atoms with Crippen molar-refractivity contribution in [1.82, 2.24) is 4.31 Å². The van der Waals surface area contributed by atoms with E-state index in [0.717, 1.165) is 18.4 Å². The molecule has 1 aromatic rings. The van der Waals surface area contributed by atoms with Gasteiger partial charge in [0.05, 0.1) is 5.02 Å². The highest BCUT2D eigenvalue weighted by atomic mass is 35.5. The van der Waals surface area contributed by atoms with Crippen molar-refractivity contribution in [3.63, 3.8) is 0 Å². The lowest BCUT2D eigenvalue weighted by molar-refractivity contribution is 0.281. The number of nitrogens with zero attached hydrogens (tertiary/aromatic N) is 1. The van der Waals surface area contributed by atoms with Crippen LogP contribution in [0, 0.1) is 12.8 Å². The molecule has 0 N–H and O–H groups in total. The molecule has 0 spiro atoms. The number of sulfonamides is 1. The summed E-state index contributed by atoms with van der Waals surface area (Å²) in [5, 5.41) is 0.671. The molecule has 6 heteroatoms. The van der Waals surface area contributed by atoms with Crippen molar-refractivity contribution in [3.8, 4) is 0 Å². The summed E-state index contributed by atoms with van der Waals surface area (Å²) >= 11 is 12.0. The average molecular weight is 322 g/mol. The fourth-order valence-corrected chi connectivity index (χ4v) is 4.74. The predicted molar refractivity (Wildman–Crippen MR) is 78.4 cm³/mol. The molecule has 1 aliphatic rings. The van der Waals surface area contributed by atoms with E-state index in [-0.39, 0.29) is 9.92 Å². The molecule has 19 heavy (non-hydrogen) atoms. The minimum atomic E-state index is -3.52. The van der Waals surface area contributed by atoms with Crippen LogP contribution in [-0.2, 0) is 10.0 Å². The molecular formula is C13H17Cl2NO2S. The molecule has 1 saturated heterocycles. The lowest BCUT2D eigenvalue weighted by atomic mass is 10.0. The molecule has 2 rings (SSSR count). The molecular weight excluding hydrogens is 305 g/mol. The maximum atomic E-state index is 12.6. The summed E-state index contributed by atoms with van der Waals surface area (Å²) in [6.45, 7) is 4.96. The van der Waals surface area contributed by atoms with E-state index in [1.807, 2.05) is 0 Å². The monoisotopic (exact) mass is 321 g/mol. The van der Waals surface area contributed by atoms with E-state index in [9.17, 15) is 8.42 Å². The Morgan fingerprint density at radius 1 is 1.26 bits per heavy atom. The van der Waals surface area contributed by atoms with E-state index in [0.29, 0.717) is 24.0 Å². The van der Waals surface area contributed by atoms with Crippen LogP contribution in [-0.4, -0.2) is 25.8 Å². The van der Waals surface area contributed by atoms with E-state index in [4.69, 9.17) is 23.2 Å². The van der Waals surface area contributed by atoms with Crippen LogP contribution in [0.5, 0.6) is 0 Å². The fourth-order valence-electron chi connectivity index (χ4n) is 2.33. The van der Waals surface area contributed by atoms with Crippen LogP contribution in [0.15, 0.2) is 17.0 Å². The lowest BCUT2D eigenvalue weighted by Crippen LogP contribution is -2.39. The molecule has 3 nitrogen and oxygen atoms in total. The second-order valence-electron chi connectivity index (χ2n) is 5.14. The Morgan fingerprint density at radius 2 is 1.95 bits per heavy atom. The van der Waals surface area contributed by atoms with Gasteiger partial charge in [0, 0.05) is 18.1 Å². The SMILES string of the molecule is Cc1cc(S(=O)(=O)N2CCC[C@@H](C)C2)c(Cl)cc1Cl. The number of aryl methyl sites for hydroxylation is 1. The summed E-state index contributed by atoms with van der Waals surface area (Å²) < 4.78 is 26.8. The molecule has 0 radical (unpaired) electrons. The van der Waals surface area contributed by atoms with Gasteiger partial charge in [0.15, 0.2) is 0 Å². The Labute approximate surface area is 124 Å². The van der Waals surface area contributed by atoms with Gasteiger partial charge >= 0.3 is 0 Å². The van der Waals surface area contributed by atoms with Gasteiger partial charge in [0.2, 0.25) is 10.0 Å². The normalized spacial score (nSPS) is 21.6. The molecule has 0 aliphatic carbocycles. The first-order valence-corrected chi connectivity index (χ1v) is 8.47. The third-order valence-corrected chi connectivity index (χ3v) is 6.19. The minimum Gasteiger partial charge on any atom is -0.207 e. The number of piperidine rings is 1. The highest BCUT2D eigenvalue weighted by molar-refractivity contribution is 7.89. The van der Waals surface area contributed by atoms with Crippen molar-refractivity contribution in [2.45, 2.75) is 31.6 Å². The van der Waals surface area contributed by atoms with Gasteiger partial charge < -0.3 is 0 Å². The number of benzene rings is 1. The molecule has 1 aliphatic heterocycles. The zero-order valence-electron chi connectivity index (χ0n) is 11.0. The Morgan fingerprint density at radius 3 is 2.58 bits per heavy atom. The third-order valence-electron chi connectivity index (χ3n) is 3.45. The molecule has 0 unspecified atom stereocenters. The zero-order chi connectivity index (χ0) is 14.2. The Hall–Kier alpha value is -0.290. The van der Waals surface area contributed by atoms with Gasteiger partial charge in [0.25, 0.3) is 0 Å². The van der Waals surface area contributed by atoms with E-state index < -0.39 is 10.0 Å². The van der Waals surface area contributed by atoms with Crippen molar-refractivity contribution in [1.29, 1.82) is 0 Å². The topological polar surface area (TPSA) is 37.4 Å². The van der Waals surface area contributed by atoms with E-state index in [1.54, 1.807) is 13.0 Å². The Bertz CT molecular complexity index is 587. The molecule has 1 atom stereocenters. The van der Waals surface area contributed by atoms with Crippen molar-refractivity contribution in [2.75, 3.05) is 13.1 Å². The average Bonchev–Trinajstić information content (AvgIpc) is 2.33. The Kier molecular flexibility index (Phi) is 4.45. The highest BCUT2D eigenvalue weighted by Crippen LogP contribution is 2.31. The van der Waals surface area contributed by atoms with Crippen LogP contribution in [0.3, 0.4) is 0 Å². The fraction of sp³-hybridized carbons (Fsp3) is 0.538. The van der Waals surface area contributed by atoms with Crippen LogP contribution in [0.25, 0.3) is 0 Å². The molecule has 0 aromatic heterocycles. The second-order valence-corrected chi connectivity index (χ2v) is 7.86. The van der Waals surface area contributed by atoms with Gasteiger partial charge in [-0.2, -0.15) is 4.31 Å². The molecule has 1 fully saturated rings. The van der Waals surface area contributed by atoms with Crippen LogP contribution in [0.2, 0.25) is 10.0 Å². The molecule has 1 heterocycles. The summed E-state index contributed by atoms with van der Waals surface area (Å²) in [6, 6.07) is 3.05. The van der Waals surface area contributed by atoms with E-state index >= 15 is 0 Å². The van der Waals surface area contributed by atoms with Gasteiger partial charge in [-0.3, -0.25) is 0 Å². The molecule has 0 bridgehead atoms. The Balaban J connectivity index is 2.42. The number of hydrogen-bond donors (Lipinski definition) is 0. The summed E-state index contributed by atoms with van der Waals surface area (Å²) in [6.07, 6.45) is 1.96. The largest absolute Gasteiger partial charge is 0.244 e. The number of hydrogen-bond acceptors (Lipinski definition) is 2. The van der Waals surface area contributed by atoms with Gasteiger partial charge in [-0.15, -0.1) is 0 Å². The summed E-state index contributed by atoms with van der Waals surface area (Å²) in [5.41, 5.74) is 0.717. The quantitative estimate of drug-likeness (QED) is 0.832. The van der Waals surface area contributed by atoms with Crippen LogP contribution >= 0.6 is 23.2 Å². The van der Waals surface area contributed by atoms with Gasteiger partial charge in [-0.25, -0.2) is 8.42 Å². The van der Waals surface area contributed by atoms with E-state index in [1.165, 1.54) is 10.4 Å². The van der Waals surface area contributed by atoms with Gasteiger partial charge in [-0.1, -0.05) is 30.1 Å². The number of rotatable bonds is 2. The summed E-state index contributed by atoms with van der Waals surface area (Å²) in [4.78, 5) is 0.158.